The number of aromatic hydroxyl groups is 1. The summed E-state index contributed by atoms with van der Waals surface area (Å²) in [7, 11) is 1.47. The summed E-state index contributed by atoms with van der Waals surface area (Å²) >= 11 is 0. The molecule has 2 N–H and O–H groups in total. The van der Waals surface area contributed by atoms with Crippen LogP contribution in [0.2, 0.25) is 0 Å². The van der Waals surface area contributed by atoms with E-state index in [1.807, 2.05) is 30.3 Å². The number of carboxylic acids is 1. The third-order valence-corrected chi connectivity index (χ3v) is 5.20. The van der Waals surface area contributed by atoms with Crippen molar-refractivity contribution < 1.29 is 29.3 Å². The van der Waals surface area contributed by atoms with Gasteiger partial charge in [-0.05, 0) is 28.8 Å². The molecule has 0 spiro atoms. The number of aromatic carboxylic acids is 1. The Morgan fingerprint density at radius 2 is 1.74 bits per heavy atom. The van der Waals surface area contributed by atoms with Crippen molar-refractivity contribution in [3.8, 4) is 17.2 Å². The van der Waals surface area contributed by atoms with Gasteiger partial charge in [-0.25, -0.2) is 4.79 Å². The molecule has 158 valence electrons. The maximum absolute atomic E-state index is 13.3. The van der Waals surface area contributed by atoms with Crippen LogP contribution in [0, 0.1) is 0 Å². The van der Waals surface area contributed by atoms with Crippen LogP contribution in [0.1, 0.15) is 37.4 Å². The lowest BCUT2D eigenvalue weighted by atomic mass is 10.1. The van der Waals surface area contributed by atoms with Gasteiger partial charge in [-0.15, -0.1) is 0 Å². The second-order valence-electron chi connectivity index (χ2n) is 7.24. The van der Waals surface area contributed by atoms with Gasteiger partial charge < -0.3 is 24.6 Å². The molecule has 1 aliphatic rings. The molecular weight excluding hydrogens is 398 g/mol. The summed E-state index contributed by atoms with van der Waals surface area (Å²) in [5, 5.41) is 19.8. The van der Waals surface area contributed by atoms with Gasteiger partial charge in [0, 0.05) is 25.2 Å². The van der Waals surface area contributed by atoms with Crippen molar-refractivity contribution in [2.75, 3.05) is 7.11 Å². The van der Waals surface area contributed by atoms with E-state index in [1.54, 1.807) is 23.1 Å². The number of methoxy groups -OCH3 is 1. The van der Waals surface area contributed by atoms with Crippen molar-refractivity contribution >= 4 is 11.9 Å². The van der Waals surface area contributed by atoms with Crippen molar-refractivity contribution in [2.45, 2.75) is 19.7 Å². The minimum absolute atomic E-state index is 0.0444. The Bertz CT molecular complexity index is 1140. The largest absolute Gasteiger partial charge is 0.507 e. The molecule has 0 saturated heterocycles. The van der Waals surface area contributed by atoms with Gasteiger partial charge in [0.15, 0.2) is 0 Å². The maximum atomic E-state index is 13.3. The highest BCUT2D eigenvalue weighted by molar-refractivity contribution is 6.00. The molecule has 0 radical (unpaired) electrons. The quantitative estimate of drug-likeness (QED) is 0.630. The van der Waals surface area contributed by atoms with Gasteiger partial charge in [-0.1, -0.05) is 36.4 Å². The Kier molecular flexibility index (Phi) is 5.49. The number of rotatable bonds is 6. The molecule has 0 saturated carbocycles. The Balaban J connectivity index is 1.62. The van der Waals surface area contributed by atoms with Crippen molar-refractivity contribution in [3.05, 3.63) is 88.5 Å². The number of phenolic OH excluding ortho intramolecular Hbond substituents is 1. The van der Waals surface area contributed by atoms with Crippen LogP contribution in [0.3, 0.4) is 0 Å². The first-order valence-electron chi connectivity index (χ1n) is 9.68. The Morgan fingerprint density at radius 1 is 1.00 bits per heavy atom. The van der Waals surface area contributed by atoms with Crippen LogP contribution < -0.4 is 9.47 Å². The summed E-state index contributed by atoms with van der Waals surface area (Å²) in [6, 6.07) is 17.2. The fraction of sp³-hybridized carbons (Fsp3) is 0.167. The SMILES string of the molecule is COc1cc(O)c(C(=O)N2Cc3ccc(C(=O)O)cc3C2)c(OCc2ccccc2)c1. The summed E-state index contributed by atoms with van der Waals surface area (Å²) in [5.74, 6) is -1.08. The van der Waals surface area contributed by atoms with Gasteiger partial charge >= 0.3 is 5.97 Å². The number of nitrogens with zero attached hydrogens (tertiary/aromatic N) is 1. The zero-order valence-corrected chi connectivity index (χ0v) is 16.9. The molecule has 0 fully saturated rings. The Morgan fingerprint density at radius 3 is 2.45 bits per heavy atom. The first kappa shape index (κ1) is 20.3. The number of carboxylic acid groups (broad SMARTS) is 1. The molecular formula is C24H21NO6. The first-order valence-corrected chi connectivity index (χ1v) is 9.68. The highest BCUT2D eigenvalue weighted by Crippen LogP contribution is 2.36. The topological polar surface area (TPSA) is 96.3 Å². The van der Waals surface area contributed by atoms with Crippen LogP contribution in [-0.2, 0) is 19.7 Å². The number of benzene rings is 3. The molecule has 1 aliphatic heterocycles. The first-order chi connectivity index (χ1) is 15.0. The van der Waals surface area contributed by atoms with Crippen molar-refractivity contribution in [3.63, 3.8) is 0 Å². The molecule has 3 aromatic rings. The average Bonchev–Trinajstić information content (AvgIpc) is 3.21. The molecule has 0 aliphatic carbocycles. The third kappa shape index (κ3) is 4.16. The molecule has 0 unspecified atom stereocenters. The van der Waals surface area contributed by atoms with E-state index in [1.165, 1.54) is 19.2 Å². The van der Waals surface area contributed by atoms with E-state index in [4.69, 9.17) is 9.47 Å². The van der Waals surface area contributed by atoms with Gasteiger partial charge in [-0.2, -0.15) is 0 Å². The number of carbonyl (C=O) groups is 2. The molecule has 4 rings (SSSR count). The lowest BCUT2D eigenvalue weighted by Crippen LogP contribution is -2.26. The molecule has 1 heterocycles. The molecule has 31 heavy (non-hydrogen) atoms. The van der Waals surface area contributed by atoms with Gasteiger partial charge in [0.05, 0.1) is 12.7 Å². The van der Waals surface area contributed by atoms with E-state index < -0.39 is 11.9 Å². The number of amides is 1. The molecule has 7 nitrogen and oxygen atoms in total. The van der Waals surface area contributed by atoms with Crippen molar-refractivity contribution in [1.29, 1.82) is 0 Å². The van der Waals surface area contributed by atoms with Crippen LogP contribution >= 0.6 is 0 Å². The van der Waals surface area contributed by atoms with Crippen LogP contribution in [0.4, 0.5) is 0 Å². The van der Waals surface area contributed by atoms with Gasteiger partial charge in [-0.3, -0.25) is 4.79 Å². The zero-order valence-electron chi connectivity index (χ0n) is 16.9. The van der Waals surface area contributed by atoms with Gasteiger partial charge in [0.25, 0.3) is 5.91 Å². The monoisotopic (exact) mass is 419 g/mol. The minimum atomic E-state index is -1.02. The number of hydrogen-bond donors (Lipinski definition) is 2. The Labute approximate surface area is 179 Å². The van der Waals surface area contributed by atoms with Crippen LogP contribution in [0.25, 0.3) is 0 Å². The second-order valence-corrected chi connectivity index (χ2v) is 7.24. The number of carbonyl (C=O) groups excluding carboxylic acids is 1. The maximum Gasteiger partial charge on any atom is 0.335 e. The predicted octanol–water partition coefficient (Wildman–Crippen LogP) is 3.83. The number of ether oxygens (including phenoxy) is 2. The summed E-state index contributed by atoms with van der Waals surface area (Å²) in [5.41, 5.74) is 2.78. The predicted molar refractivity (Wildman–Crippen MR) is 112 cm³/mol. The van der Waals surface area contributed by atoms with Crippen LogP contribution in [-0.4, -0.2) is 34.1 Å². The minimum Gasteiger partial charge on any atom is -0.507 e. The van der Waals surface area contributed by atoms with Gasteiger partial charge in [0.2, 0.25) is 0 Å². The van der Waals surface area contributed by atoms with Crippen LogP contribution in [0.15, 0.2) is 60.7 Å². The fourth-order valence-corrected chi connectivity index (χ4v) is 3.59. The molecule has 1 amide bonds. The van der Waals surface area contributed by atoms with Gasteiger partial charge in [0.1, 0.15) is 29.4 Å². The number of phenols is 1. The average molecular weight is 419 g/mol. The summed E-state index contributed by atoms with van der Waals surface area (Å²) in [6.45, 7) is 0.784. The second kappa shape index (κ2) is 8.39. The molecule has 0 aromatic heterocycles. The highest BCUT2D eigenvalue weighted by Gasteiger charge is 2.29. The summed E-state index contributed by atoms with van der Waals surface area (Å²) < 4.78 is 11.1. The van der Waals surface area contributed by atoms with E-state index in [-0.39, 0.29) is 35.8 Å². The molecule has 3 aromatic carbocycles. The summed E-state index contributed by atoms with van der Waals surface area (Å²) in [6.07, 6.45) is 0. The number of fused-ring (bicyclic) bond motifs is 1. The standard InChI is InChI=1S/C24H21NO6/c1-30-19-10-20(26)22(21(11-19)31-14-15-5-3-2-4-6-15)23(27)25-12-17-8-7-16(24(28)29)9-18(17)13-25/h2-11,26H,12-14H2,1H3,(H,28,29). The molecule has 0 atom stereocenters. The normalized spacial score (nSPS) is 12.4. The van der Waals surface area contributed by atoms with E-state index in [0.717, 1.165) is 16.7 Å². The molecule has 0 bridgehead atoms. The van der Waals surface area contributed by atoms with Crippen molar-refractivity contribution in [2.24, 2.45) is 0 Å². The molecule has 7 heteroatoms. The summed E-state index contributed by atoms with van der Waals surface area (Å²) in [4.78, 5) is 26.1. The van der Waals surface area contributed by atoms with E-state index in [0.29, 0.717) is 12.3 Å². The smallest absolute Gasteiger partial charge is 0.335 e. The van der Waals surface area contributed by atoms with E-state index >= 15 is 0 Å². The zero-order chi connectivity index (χ0) is 22.0. The lowest BCUT2D eigenvalue weighted by molar-refractivity contribution is 0.0696. The lowest BCUT2D eigenvalue weighted by Gasteiger charge is -2.20. The fourth-order valence-electron chi connectivity index (χ4n) is 3.59. The third-order valence-electron chi connectivity index (χ3n) is 5.20. The van der Waals surface area contributed by atoms with Crippen molar-refractivity contribution in [1.82, 2.24) is 4.90 Å². The number of hydrogen-bond acceptors (Lipinski definition) is 5. The van der Waals surface area contributed by atoms with E-state index in [9.17, 15) is 19.8 Å². The highest BCUT2D eigenvalue weighted by atomic mass is 16.5. The Hall–Kier alpha value is -4.00. The van der Waals surface area contributed by atoms with E-state index in [2.05, 4.69) is 0 Å². The van der Waals surface area contributed by atoms with Crippen LogP contribution in [0.5, 0.6) is 17.2 Å².